The fraction of sp³-hybridized carbons (Fsp3) is 0.429. The summed E-state index contributed by atoms with van der Waals surface area (Å²) in [6, 6.07) is 3.73. The maximum Gasteiger partial charge on any atom is 0.331 e. The van der Waals surface area contributed by atoms with Gasteiger partial charge in [-0.25, -0.2) is 9.18 Å². The molecule has 0 aromatic heterocycles. The molecule has 4 nitrogen and oxygen atoms in total. The van der Waals surface area contributed by atoms with Crippen LogP contribution in [0.25, 0.3) is 0 Å². The Morgan fingerprint density at radius 2 is 2.10 bits per heavy atom. The molecule has 0 aliphatic rings. The van der Waals surface area contributed by atoms with E-state index < -0.39 is 23.2 Å². The van der Waals surface area contributed by atoms with Gasteiger partial charge in [-0.2, -0.15) is 0 Å². The summed E-state index contributed by atoms with van der Waals surface area (Å²) in [5.74, 6) is -1.98. The molecule has 1 atom stereocenters. The van der Waals surface area contributed by atoms with Crippen molar-refractivity contribution in [3.05, 3.63) is 34.6 Å². The topological polar surface area (TPSA) is 55.4 Å². The van der Waals surface area contributed by atoms with Crippen molar-refractivity contribution < 1.29 is 18.7 Å². The van der Waals surface area contributed by atoms with Crippen LogP contribution in [0, 0.1) is 5.82 Å². The van der Waals surface area contributed by atoms with Crippen molar-refractivity contribution in [3.63, 3.8) is 0 Å². The summed E-state index contributed by atoms with van der Waals surface area (Å²) >= 11 is 5.63. The number of hydrogen-bond donors (Lipinski definition) is 1. The Morgan fingerprint density at radius 1 is 1.45 bits per heavy atom. The van der Waals surface area contributed by atoms with Crippen LogP contribution < -0.4 is 5.32 Å². The lowest BCUT2D eigenvalue weighted by molar-refractivity contribution is -0.147. The van der Waals surface area contributed by atoms with Crippen molar-refractivity contribution in [1.82, 2.24) is 5.32 Å². The third kappa shape index (κ3) is 3.70. The van der Waals surface area contributed by atoms with Gasteiger partial charge in [0.2, 0.25) is 0 Å². The van der Waals surface area contributed by atoms with Crippen molar-refractivity contribution >= 4 is 23.5 Å². The Hall–Kier alpha value is -1.62. The third-order valence-electron chi connectivity index (χ3n) is 2.95. The molecule has 0 saturated carbocycles. The molecule has 1 aromatic carbocycles. The van der Waals surface area contributed by atoms with Crippen molar-refractivity contribution in [2.45, 2.75) is 32.2 Å². The maximum atomic E-state index is 13.7. The van der Waals surface area contributed by atoms with Crippen LogP contribution in [0.1, 0.15) is 37.0 Å². The zero-order chi connectivity index (χ0) is 15.3. The van der Waals surface area contributed by atoms with E-state index in [1.807, 2.05) is 6.92 Å². The van der Waals surface area contributed by atoms with Gasteiger partial charge in [-0.15, -0.1) is 0 Å². The molecular formula is C14H17ClFNO3. The van der Waals surface area contributed by atoms with Gasteiger partial charge in [-0.05, 0) is 31.5 Å². The number of halogens is 2. The maximum absolute atomic E-state index is 13.7. The summed E-state index contributed by atoms with van der Waals surface area (Å²) in [6.07, 6.45) is 1.05. The minimum Gasteiger partial charge on any atom is -0.467 e. The van der Waals surface area contributed by atoms with E-state index in [2.05, 4.69) is 10.1 Å². The Bertz CT molecular complexity index is 521. The first-order valence-electron chi connectivity index (χ1n) is 6.20. The molecule has 0 aliphatic heterocycles. The first-order chi connectivity index (χ1) is 9.34. The van der Waals surface area contributed by atoms with E-state index in [4.69, 9.17) is 11.6 Å². The number of nitrogens with one attached hydrogen (secondary N) is 1. The van der Waals surface area contributed by atoms with E-state index in [0.717, 1.165) is 6.07 Å². The van der Waals surface area contributed by atoms with Gasteiger partial charge >= 0.3 is 5.97 Å². The average molecular weight is 302 g/mol. The van der Waals surface area contributed by atoms with E-state index in [0.29, 0.717) is 12.8 Å². The molecule has 1 N–H and O–H groups in total. The van der Waals surface area contributed by atoms with Crippen molar-refractivity contribution in [1.29, 1.82) is 0 Å². The molecule has 0 saturated heterocycles. The lowest BCUT2D eigenvalue weighted by atomic mass is 9.95. The zero-order valence-electron chi connectivity index (χ0n) is 11.6. The normalized spacial score (nSPS) is 13.4. The fourth-order valence-corrected chi connectivity index (χ4v) is 2.09. The van der Waals surface area contributed by atoms with Crippen LogP contribution in [0.3, 0.4) is 0 Å². The second-order valence-electron chi connectivity index (χ2n) is 4.65. The van der Waals surface area contributed by atoms with Gasteiger partial charge in [-0.1, -0.05) is 24.9 Å². The molecule has 0 radical (unpaired) electrons. The summed E-state index contributed by atoms with van der Waals surface area (Å²) in [5, 5.41) is 2.72. The van der Waals surface area contributed by atoms with Gasteiger partial charge in [0.25, 0.3) is 5.91 Å². The molecule has 0 aliphatic carbocycles. The molecule has 0 heterocycles. The molecule has 0 bridgehead atoms. The van der Waals surface area contributed by atoms with Gasteiger partial charge in [0.1, 0.15) is 11.4 Å². The Kier molecular flexibility index (Phi) is 5.51. The molecule has 0 fully saturated rings. The molecule has 1 rings (SSSR count). The Labute approximate surface area is 122 Å². The van der Waals surface area contributed by atoms with Crippen molar-refractivity contribution in [2.75, 3.05) is 7.11 Å². The number of carbonyl (C=O) groups is 2. The highest BCUT2D eigenvalue weighted by Crippen LogP contribution is 2.18. The molecule has 110 valence electrons. The lowest BCUT2D eigenvalue weighted by Crippen LogP contribution is -2.52. The molecular weight excluding hydrogens is 285 g/mol. The monoisotopic (exact) mass is 301 g/mol. The van der Waals surface area contributed by atoms with Gasteiger partial charge in [-0.3, -0.25) is 4.79 Å². The Balaban J connectivity index is 2.99. The lowest BCUT2D eigenvalue weighted by Gasteiger charge is -2.27. The summed E-state index contributed by atoms with van der Waals surface area (Å²) in [5.41, 5.74) is -1.35. The highest BCUT2D eigenvalue weighted by atomic mass is 35.5. The van der Waals surface area contributed by atoms with Gasteiger partial charge < -0.3 is 10.1 Å². The van der Waals surface area contributed by atoms with Crippen LogP contribution in [0.5, 0.6) is 0 Å². The summed E-state index contributed by atoms with van der Waals surface area (Å²) in [7, 11) is 1.24. The van der Waals surface area contributed by atoms with Crippen LogP contribution in [0.15, 0.2) is 18.2 Å². The van der Waals surface area contributed by atoms with Crippen LogP contribution in [-0.2, 0) is 9.53 Å². The van der Waals surface area contributed by atoms with Crippen LogP contribution in [0.2, 0.25) is 5.02 Å². The third-order valence-corrected chi connectivity index (χ3v) is 3.19. The summed E-state index contributed by atoms with van der Waals surface area (Å²) in [4.78, 5) is 23.9. The summed E-state index contributed by atoms with van der Waals surface area (Å²) < 4.78 is 18.4. The molecule has 1 amide bonds. The van der Waals surface area contributed by atoms with Crippen LogP contribution in [-0.4, -0.2) is 24.5 Å². The second-order valence-corrected chi connectivity index (χ2v) is 5.09. The SMILES string of the molecule is CCCC(C)(NC(=O)c1ccc(Cl)cc1F)C(=O)OC. The predicted molar refractivity (Wildman–Crippen MR) is 74.2 cm³/mol. The van der Waals surface area contributed by atoms with Gasteiger partial charge in [0, 0.05) is 5.02 Å². The number of esters is 1. The number of ether oxygens (including phenoxy) is 1. The van der Waals surface area contributed by atoms with Gasteiger partial charge in [0.15, 0.2) is 0 Å². The highest BCUT2D eigenvalue weighted by molar-refractivity contribution is 6.30. The van der Waals surface area contributed by atoms with Crippen LogP contribution in [0.4, 0.5) is 4.39 Å². The van der Waals surface area contributed by atoms with E-state index >= 15 is 0 Å². The molecule has 1 aromatic rings. The Morgan fingerprint density at radius 3 is 2.60 bits per heavy atom. The minimum atomic E-state index is -1.19. The number of carbonyl (C=O) groups excluding carboxylic acids is 2. The standard InChI is InChI=1S/C14H17ClFNO3/c1-4-7-14(2,13(19)20-3)17-12(18)10-6-5-9(15)8-11(10)16/h5-6,8H,4,7H2,1-3H3,(H,17,18). The van der Waals surface area contributed by atoms with E-state index in [1.165, 1.54) is 19.2 Å². The first kappa shape index (κ1) is 16.4. The molecule has 0 spiro atoms. The van der Waals surface area contributed by atoms with Crippen LogP contribution >= 0.6 is 11.6 Å². The van der Waals surface area contributed by atoms with E-state index in [-0.39, 0.29) is 10.6 Å². The molecule has 20 heavy (non-hydrogen) atoms. The smallest absolute Gasteiger partial charge is 0.331 e. The number of rotatable bonds is 5. The number of benzene rings is 1. The fourth-order valence-electron chi connectivity index (χ4n) is 1.93. The second kappa shape index (κ2) is 6.70. The van der Waals surface area contributed by atoms with Crippen molar-refractivity contribution in [3.8, 4) is 0 Å². The van der Waals surface area contributed by atoms with Gasteiger partial charge in [0.05, 0.1) is 12.7 Å². The average Bonchev–Trinajstić information content (AvgIpc) is 2.37. The number of methoxy groups -OCH3 is 1. The highest BCUT2D eigenvalue weighted by Gasteiger charge is 2.35. The first-order valence-corrected chi connectivity index (χ1v) is 6.58. The number of hydrogen-bond acceptors (Lipinski definition) is 3. The van der Waals surface area contributed by atoms with E-state index in [9.17, 15) is 14.0 Å². The van der Waals surface area contributed by atoms with E-state index in [1.54, 1.807) is 6.92 Å². The zero-order valence-corrected chi connectivity index (χ0v) is 12.4. The predicted octanol–water partition coefficient (Wildman–Crippen LogP) is 2.94. The van der Waals surface area contributed by atoms with Crippen molar-refractivity contribution in [2.24, 2.45) is 0 Å². The number of amides is 1. The molecule has 1 unspecified atom stereocenters. The largest absolute Gasteiger partial charge is 0.467 e. The molecule has 6 heteroatoms. The minimum absolute atomic E-state index is 0.166. The quantitative estimate of drug-likeness (QED) is 0.851. The summed E-state index contributed by atoms with van der Waals surface area (Å²) in [6.45, 7) is 3.42.